The number of nitrogens with zero attached hydrogens (tertiary/aromatic N) is 5. The lowest BCUT2D eigenvalue weighted by atomic mass is 10.1. The Labute approximate surface area is 189 Å². The second-order valence-electron chi connectivity index (χ2n) is 8.12. The minimum Gasteiger partial charge on any atom is -0.393 e. The number of hydrogen-bond donors (Lipinski definition) is 2. The molecule has 3 aromatic heterocycles. The van der Waals surface area contributed by atoms with E-state index in [9.17, 15) is 9.90 Å². The summed E-state index contributed by atoms with van der Waals surface area (Å²) >= 11 is 1.58. The molecule has 1 aliphatic heterocycles. The monoisotopic (exact) mass is 448 g/mol. The highest BCUT2D eigenvalue weighted by atomic mass is 32.1. The van der Waals surface area contributed by atoms with Crippen molar-refractivity contribution in [2.24, 2.45) is 0 Å². The topological polar surface area (TPSA) is 110 Å². The van der Waals surface area contributed by atoms with E-state index in [1.165, 1.54) is 0 Å². The Kier molecular flexibility index (Phi) is 5.69. The molecule has 32 heavy (non-hydrogen) atoms. The molecule has 0 atom stereocenters. The van der Waals surface area contributed by atoms with E-state index in [0.29, 0.717) is 12.4 Å². The third kappa shape index (κ3) is 4.40. The summed E-state index contributed by atoms with van der Waals surface area (Å²) in [4.78, 5) is 23.6. The maximum atomic E-state index is 12.5. The highest BCUT2D eigenvalue weighted by Crippen LogP contribution is 2.34. The number of aliphatic hydroxyl groups is 1. The summed E-state index contributed by atoms with van der Waals surface area (Å²) in [5.74, 6) is 0.531. The second-order valence-corrected chi connectivity index (χ2v) is 9.15. The number of thiazole rings is 1. The smallest absolute Gasteiger partial charge is 0.168 e. The zero-order valence-electron chi connectivity index (χ0n) is 17.5. The maximum Gasteiger partial charge on any atom is 0.168 e. The number of anilines is 1. The zero-order valence-corrected chi connectivity index (χ0v) is 18.3. The van der Waals surface area contributed by atoms with Gasteiger partial charge in [-0.3, -0.25) is 14.4 Å². The Morgan fingerprint density at radius 1 is 1.16 bits per heavy atom. The summed E-state index contributed by atoms with van der Waals surface area (Å²) in [6.07, 6.45) is 6.51. The van der Waals surface area contributed by atoms with Crippen molar-refractivity contribution < 1.29 is 9.90 Å². The summed E-state index contributed by atoms with van der Waals surface area (Å²) in [6, 6.07) is 9.95. The van der Waals surface area contributed by atoms with E-state index in [2.05, 4.69) is 15.0 Å². The zero-order chi connectivity index (χ0) is 22.1. The van der Waals surface area contributed by atoms with Gasteiger partial charge in [-0.15, -0.1) is 11.3 Å². The summed E-state index contributed by atoms with van der Waals surface area (Å²) in [6.45, 7) is 2.10. The largest absolute Gasteiger partial charge is 0.393 e. The fraction of sp³-hybridized carbons (Fsp3) is 0.304. The molecule has 4 aromatic rings. The molecule has 4 heterocycles. The molecule has 164 valence electrons. The van der Waals surface area contributed by atoms with Crippen molar-refractivity contribution in [3.8, 4) is 21.7 Å². The predicted octanol–water partition coefficient (Wildman–Crippen LogP) is 2.83. The average Bonchev–Trinajstić information content (AvgIpc) is 3.42. The van der Waals surface area contributed by atoms with Gasteiger partial charge in [0.05, 0.1) is 34.6 Å². The minimum atomic E-state index is -0.240. The van der Waals surface area contributed by atoms with Crippen molar-refractivity contribution in [1.82, 2.24) is 24.6 Å². The third-order valence-electron chi connectivity index (χ3n) is 5.70. The van der Waals surface area contributed by atoms with Crippen LogP contribution >= 0.6 is 11.3 Å². The number of piperidine rings is 1. The summed E-state index contributed by atoms with van der Waals surface area (Å²) in [5, 5.41) is 14.8. The lowest BCUT2D eigenvalue weighted by Crippen LogP contribution is -2.39. The highest BCUT2D eigenvalue weighted by molar-refractivity contribution is 7.21. The number of nitrogens with two attached hydrogens (primary N) is 1. The summed E-state index contributed by atoms with van der Waals surface area (Å²) in [7, 11) is 0. The van der Waals surface area contributed by atoms with Crippen LogP contribution in [0.25, 0.3) is 31.9 Å². The molecule has 9 heteroatoms. The molecular formula is C23H24N6O2S. The molecule has 0 amide bonds. The fourth-order valence-corrected chi connectivity index (χ4v) is 4.94. The lowest BCUT2D eigenvalue weighted by molar-refractivity contribution is -0.121. The molecule has 1 aliphatic rings. The van der Waals surface area contributed by atoms with Crippen molar-refractivity contribution in [2.75, 3.05) is 25.4 Å². The van der Waals surface area contributed by atoms with E-state index < -0.39 is 0 Å². The number of benzene rings is 1. The number of likely N-dealkylation sites (tertiary alicyclic amines) is 1. The van der Waals surface area contributed by atoms with Crippen LogP contribution in [0.1, 0.15) is 12.8 Å². The molecule has 0 spiro atoms. The van der Waals surface area contributed by atoms with E-state index in [4.69, 9.17) is 10.7 Å². The number of nitrogen functional groups attached to an aromatic ring is 1. The van der Waals surface area contributed by atoms with Crippen LogP contribution < -0.4 is 5.73 Å². The Bertz CT molecular complexity index is 1230. The van der Waals surface area contributed by atoms with E-state index in [-0.39, 0.29) is 18.4 Å². The number of ketones is 1. The number of carbonyl (C=O) groups is 1. The number of rotatable bonds is 6. The van der Waals surface area contributed by atoms with Gasteiger partial charge >= 0.3 is 0 Å². The number of para-hydroxylation sites is 1. The predicted molar refractivity (Wildman–Crippen MR) is 125 cm³/mol. The molecule has 3 N–H and O–H groups in total. The number of pyridine rings is 1. The van der Waals surface area contributed by atoms with Gasteiger partial charge in [-0.2, -0.15) is 5.10 Å². The van der Waals surface area contributed by atoms with Gasteiger partial charge in [0.15, 0.2) is 5.78 Å². The van der Waals surface area contributed by atoms with Crippen LogP contribution in [0.3, 0.4) is 0 Å². The Balaban J connectivity index is 1.31. The molecule has 1 saturated heterocycles. The molecular weight excluding hydrogens is 424 g/mol. The van der Waals surface area contributed by atoms with Crippen molar-refractivity contribution in [2.45, 2.75) is 25.5 Å². The van der Waals surface area contributed by atoms with Crippen molar-refractivity contribution in [3.05, 3.63) is 48.9 Å². The first-order chi connectivity index (χ1) is 15.5. The van der Waals surface area contributed by atoms with Gasteiger partial charge in [-0.1, -0.05) is 12.1 Å². The van der Waals surface area contributed by atoms with Gasteiger partial charge in [0, 0.05) is 36.6 Å². The number of fused-ring (bicyclic) bond motifs is 1. The number of aliphatic hydroxyl groups excluding tert-OH is 1. The van der Waals surface area contributed by atoms with Crippen LogP contribution in [0.4, 0.5) is 5.82 Å². The first-order valence-corrected chi connectivity index (χ1v) is 11.4. The highest BCUT2D eigenvalue weighted by Gasteiger charge is 2.19. The SMILES string of the molecule is Nc1ncc(-c2cnn(CC(=O)CN3CCC(O)CC3)c2)cc1-c1nc2ccccc2s1. The standard InChI is InChI=1S/C23H24N6O2S/c24-22-19(23-27-20-3-1-2-4-21(20)32-23)9-15(10-25-22)16-11-26-29(12-16)14-18(31)13-28-7-5-17(30)6-8-28/h1-4,9-12,17,30H,5-8,13-14H2,(H2,24,25). The van der Waals surface area contributed by atoms with Gasteiger partial charge in [0.2, 0.25) is 0 Å². The van der Waals surface area contributed by atoms with Gasteiger partial charge in [-0.25, -0.2) is 9.97 Å². The molecule has 0 aliphatic carbocycles. The Hall–Kier alpha value is -3.14. The molecule has 5 rings (SSSR count). The van der Waals surface area contributed by atoms with Crippen LogP contribution in [0.5, 0.6) is 0 Å². The maximum absolute atomic E-state index is 12.5. The minimum absolute atomic E-state index is 0.0987. The normalized spacial score (nSPS) is 15.4. The molecule has 0 radical (unpaired) electrons. The fourth-order valence-electron chi connectivity index (χ4n) is 3.95. The number of Topliss-reactive ketones (excluding diaryl/α,β-unsaturated/α-hetero) is 1. The van der Waals surface area contributed by atoms with Crippen molar-refractivity contribution in [3.63, 3.8) is 0 Å². The number of hydrogen-bond acceptors (Lipinski definition) is 8. The Morgan fingerprint density at radius 3 is 2.78 bits per heavy atom. The van der Waals surface area contributed by atoms with E-state index in [1.54, 1.807) is 28.4 Å². The van der Waals surface area contributed by atoms with Gasteiger partial charge in [0.25, 0.3) is 0 Å². The summed E-state index contributed by atoms with van der Waals surface area (Å²) in [5.41, 5.74) is 9.63. The Morgan fingerprint density at radius 2 is 1.97 bits per heavy atom. The third-order valence-corrected chi connectivity index (χ3v) is 6.77. The van der Waals surface area contributed by atoms with Crippen molar-refractivity contribution in [1.29, 1.82) is 0 Å². The van der Waals surface area contributed by atoms with Crippen molar-refractivity contribution >= 4 is 33.2 Å². The van der Waals surface area contributed by atoms with Crippen LogP contribution in [0.2, 0.25) is 0 Å². The number of carbonyl (C=O) groups excluding carboxylic acids is 1. The second kappa shape index (κ2) is 8.78. The van der Waals surface area contributed by atoms with Crippen LogP contribution in [-0.4, -0.2) is 61.3 Å². The number of aromatic nitrogens is 4. The van der Waals surface area contributed by atoms with Crippen LogP contribution in [-0.2, 0) is 11.3 Å². The average molecular weight is 449 g/mol. The van der Waals surface area contributed by atoms with E-state index in [1.807, 2.05) is 36.5 Å². The molecule has 0 unspecified atom stereocenters. The van der Waals surface area contributed by atoms with E-state index in [0.717, 1.165) is 57.8 Å². The summed E-state index contributed by atoms with van der Waals surface area (Å²) < 4.78 is 2.76. The first-order valence-electron chi connectivity index (χ1n) is 10.6. The van der Waals surface area contributed by atoms with Crippen LogP contribution in [0.15, 0.2) is 48.9 Å². The lowest BCUT2D eigenvalue weighted by Gasteiger charge is -2.28. The van der Waals surface area contributed by atoms with Gasteiger partial charge < -0.3 is 10.8 Å². The van der Waals surface area contributed by atoms with Crippen LogP contribution in [0, 0.1) is 0 Å². The quantitative estimate of drug-likeness (QED) is 0.467. The van der Waals surface area contributed by atoms with E-state index >= 15 is 0 Å². The molecule has 1 aromatic carbocycles. The van der Waals surface area contributed by atoms with Gasteiger partial charge in [0.1, 0.15) is 17.4 Å². The molecule has 0 bridgehead atoms. The molecule has 8 nitrogen and oxygen atoms in total. The molecule has 1 fully saturated rings. The van der Waals surface area contributed by atoms with Gasteiger partial charge in [-0.05, 0) is 31.0 Å². The molecule has 0 saturated carbocycles. The first kappa shape index (κ1) is 20.7.